The van der Waals surface area contributed by atoms with E-state index < -0.39 is 0 Å². The molecule has 0 radical (unpaired) electrons. The van der Waals surface area contributed by atoms with Crippen molar-refractivity contribution in [2.24, 2.45) is 10.9 Å². The van der Waals surface area contributed by atoms with Crippen LogP contribution in [0.25, 0.3) is 0 Å². The number of ether oxygens (including phenoxy) is 2. The molecule has 0 aliphatic heterocycles. The summed E-state index contributed by atoms with van der Waals surface area (Å²) in [6, 6.07) is 10.5. The summed E-state index contributed by atoms with van der Waals surface area (Å²) in [6.07, 6.45) is 0. The van der Waals surface area contributed by atoms with Crippen molar-refractivity contribution < 1.29 is 14.3 Å². The molecule has 0 saturated heterocycles. The number of hydrazone groups is 1. The Balaban J connectivity index is 2.29. The van der Waals surface area contributed by atoms with Crippen LogP contribution >= 0.6 is 11.6 Å². The molecule has 8 heteroatoms. The lowest BCUT2D eigenvalue weighted by molar-refractivity contribution is -0.116. The molecule has 0 bridgehead atoms. The van der Waals surface area contributed by atoms with Crippen LogP contribution < -0.4 is 25.3 Å². The first-order valence-electron chi connectivity index (χ1n) is 7.73. The Morgan fingerprint density at radius 2 is 2.04 bits per heavy atom. The second-order valence-electron chi connectivity index (χ2n) is 5.42. The number of methoxy groups -OCH3 is 1. The van der Waals surface area contributed by atoms with Crippen molar-refractivity contribution in [3.63, 3.8) is 0 Å². The highest BCUT2D eigenvalue weighted by atomic mass is 35.5. The van der Waals surface area contributed by atoms with Gasteiger partial charge in [0.05, 0.1) is 29.1 Å². The third kappa shape index (κ3) is 4.25. The van der Waals surface area contributed by atoms with Gasteiger partial charge < -0.3 is 9.47 Å². The van der Waals surface area contributed by atoms with Gasteiger partial charge in [0.1, 0.15) is 18.1 Å². The van der Waals surface area contributed by atoms with Gasteiger partial charge in [-0.25, -0.2) is 10.9 Å². The third-order valence-electron chi connectivity index (χ3n) is 3.80. The smallest absolute Gasteiger partial charge is 0.238 e. The number of hydrogen-bond acceptors (Lipinski definition) is 6. The van der Waals surface area contributed by atoms with Crippen molar-refractivity contribution in [3.8, 4) is 11.5 Å². The zero-order valence-electron chi connectivity index (χ0n) is 14.9. The van der Waals surface area contributed by atoms with Gasteiger partial charge in [0, 0.05) is 20.7 Å². The maximum Gasteiger partial charge on any atom is 0.238 e. The quantitative estimate of drug-likeness (QED) is 0.347. The van der Waals surface area contributed by atoms with Crippen LogP contribution in [-0.2, 0) is 11.4 Å². The Hall–Kier alpha value is -2.77. The van der Waals surface area contributed by atoms with Crippen molar-refractivity contribution >= 4 is 35.6 Å². The Labute approximate surface area is 157 Å². The van der Waals surface area contributed by atoms with Crippen LogP contribution in [0.2, 0.25) is 5.02 Å². The first-order valence-corrected chi connectivity index (χ1v) is 8.10. The zero-order chi connectivity index (χ0) is 19.3. The van der Waals surface area contributed by atoms with Gasteiger partial charge in [-0.15, -0.1) is 0 Å². The summed E-state index contributed by atoms with van der Waals surface area (Å²) in [4.78, 5) is 11.6. The number of halogens is 1. The molecule has 138 valence electrons. The molecule has 1 amide bonds. The highest BCUT2D eigenvalue weighted by Crippen LogP contribution is 2.33. The van der Waals surface area contributed by atoms with Crippen molar-refractivity contribution in [2.75, 3.05) is 24.2 Å². The Bertz CT molecular complexity index is 813. The SMILES string of the molecule is C=NN(C)c1ccc(OCc2c(OC)cccc2N(N)C(C)=O)c(Cl)c1. The second-order valence-corrected chi connectivity index (χ2v) is 5.82. The minimum Gasteiger partial charge on any atom is -0.496 e. The molecule has 2 aromatic carbocycles. The molecule has 2 aromatic rings. The van der Waals surface area contributed by atoms with E-state index in [4.69, 9.17) is 26.9 Å². The van der Waals surface area contributed by atoms with Gasteiger partial charge in [-0.1, -0.05) is 17.7 Å². The Morgan fingerprint density at radius 3 is 2.62 bits per heavy atom. The van der Waals surface area contributed by atoms with E-state index in [9.17, 15) is 4.79 Å². The molecule has 0 atom stereocenters. The van der Waals surface area contributed by atoms with Crippen LogP contribution in [0.5, 0.6) is 11.5 Å². The lowest BCUT2D eigenvalue weighted by atomic mass is 10.1. The maximum atomic E-state index is 11.6. The number of carbonyl (C=O) groups excluding carboxylic acids is 1. The van der Waals surface area contributed by atoms with Crippen molar-refractivity contribution in [1.29, 1.82) is 0 Å². The molecule has 0 fully saturated rings. The highest BCUT2D eigenvalue weighted by Gasteiger charge is 2.17. The van der Waals surface area contributed by atoms with Crippen LogP contribution in [0, 0.1) is 0 Å². The number of benzene rings is 2. The molecule has 0 aliphatic carbocycles. The highest BCUT2D eigenvalue weighted by molar-refractivity contribution is 6.32. The third-order valence-corrected chi connectivity index (χ3v) is 4.10. The largest absolute Gasteiger partial charge is 0.496 e. The summed E-state index contributed by atoms with van der Waals surface area (Å²) < 4.78 is 11.2. The topological polar surface area (TPSA) is 80.4 Å². The average molecular weight is 377 g/mol. The fraction of sp³-hybridized carbons (Fsp3) is 0.222. The molecule has 0 heterocycles. The number of nitrogens with zero attached hydrogens (tertiary/aromatic N) is 3. The summed E-state index contributed by atoms with van der Waals surface area (Å²) >= 11 is 6.29. The summed E-state index contributed by atoms with van der Waals surface area (Å²) in [5.74, 6) is 6.59. The van der Waals surface area contributed by atoms with Crippen LogP contribution in [0.1, 0.15) is 12.5 Å². The van der Waals surface area contributed by atoms with Crippen LogP contribution in [0.4, 0.5) is 11.4 Å². The molecule has 0 aromatic heterocycles. The molecule has 7 nitrogen and oxygen atoms in total. The van der Waals surface area contributed by atoms with E-state index >= 15 is 0 Å². The van der Waals surface area contributed by atoms with Crippen LogP contribution in [0.3, 0.4) is 0 Å². The van der Waals surface area contributed by atoms with Gasteiger partial charge in [-0.3, -0.25) is 9.80 Å². The number of amides is 1. The van der Waals surface area contributed by atoms with Crippen LogP contribution in [-0.4, -0.2) is 26.8 Å². The number of anilines is 2. The minimum atomic E-state index is -0.304. The van der Waals surface area contributed by atoms with Gasteiger partial charge in [0.15, 0.2) is 0 Å². The standard InChI is InChI=1S/C18H21ClN4O3/c1-12(24)23(20)16-6-5-7-17(25-4)14(16)11-26-18-9-8-13(10-15(18)19)22(3)21-2/h5-10H,2,11,20H2,1,3-4H3. The number of hydrazine groups is 1. The molecule has 2 rings (SSSR count). The van der Waals surface area contributed by atoms with Crippen molar-refractivity contribution in [3.05, 3.63) is 47.0 Å². The van der Waals surface area contributed by atoms with Crippen molar-refractivity contribution in [2.45, 2.75) is 13.5 Å². The van der Waals surface area contributed by atoms with Crippen LogP contribution in [0.15, 0.2) is 41.5 Å². The monoisotopic (exact) mass is 376 g/mol. The summed E-state index contributed by atoms with van der Waals surface area (Å²) in [7, 11) is 3.30. The zero-order valence-corrected chi connectivity index (χ0v) is 15.7. The van der Waals surface area contributed by atoms with E-state index in [1.807, 2.05) is 6.07 Å². The Morgan fingerprint density at radius 1 is 1.31 bits per heavy atom. The number of carbonyl (C=O) groups is 1. The molecule has 0 spiro atoms. The summed E-state index contributed by atoms with van der Waals surface area (Å²) in [6.45, 7) is 4.97. The van der Waals surface area contributed by atoms with Gasteiger partial charge in [-0.2, -0.15) is 5.10 Å². The fourth-order valence-electron chi connectivity index (χ4n) is 2.33. The predicted molar refractivity (Wildman–Crippen MR) is 104 cm³/mol. The summed E-state index contributed by atoms with van der Waals surface area (Å²) in [5, 5.41) is 6.87. The van der Waals surface area contributed by atoms with E-state index in [1.165, 1.54) is 14.0 Å². The number of rotatable bonds is 7. The Kier molecular flexibility index (Phi) is 6.43. The van der Waals surface area contributed by atoms with E-state index in [0.717, 1.165) is 10.7 Å². The molecule has 26 heavy (non-hydrogen) atoms. The van der Waals surface area contributed by atoms with Gasteiger partial charge in [0.25, 0.3) is 0 Å². The molecular formula is C18H21ClN4O3. The molecule has 2 N–H and O–H groups in total. The van der Waals surface area contributed by atoms with E-state index in [0.29, 0.717) is 27.8 Å². The van der Waals surface area contributed by atoms with Crippen molar-refractivity contribution in [1.82, 2.24) is 0 Å². The normalized spacial score (nSPS) is 10.2. The lowest BCUT2D eigenvalue weighted by Crippen LogP contribution is -2.36. The second kappa shape index (κ2) is 8.55. The number of nitrogens with two attached hydrogens (primary N) is 1. The first kappa shape index (κ1) is 19.6. The molecule has 0 saturated carbocycles. The number of hydrogen-bond donors (Lipinski definition) is 1. The average Bonchev–Trinajstić information content (AvgIpc) is 2.65. The fourth-order valence-corrected chi connectivity index (χ4v) is 2.55. The molecular weight excluding hydrogens is 356 g/mol. The lowest BCUT2D eigenvalue weighted by Gasteiger charge is -2.21. The molecule has 0 aliphatic rings. The van der Waals surface area contributed by atoms with Gasteiger partial charge in [-0.05, 0) is 30.3 Å². The van der Waals surface area contributed by atoms with Gasteiger partial charge in [0.2, 0.25) is 5.91 Å². The maximum absolute atomic E-state index is 11.6. The summed E-state index contributed by atoms with van der Waals surface area (Å²) in [5.41, 5.74) is 1.91. The predicted octanol–water partition coefficient (Wildman–Crippen LogP) is 3.21. The minimum absolute atomic E-state index is 0.120. The van der Waals surface area contributed by atoms with E-state index in [1.54, 1.807) is 42.4 Å². The molecule has 0 unspecified atom stereocenters. The van der Waals surface area contributed by atoms with E-state index in [2.05, 4.69) is 11.8 Å². The van der Waals surface area contributed by atoms with E-state index in [-0.39, 0.29) is 12.5 Å². The first-order chi connectivity index (χ1) is 12.4. The van der Waals surface area contributed by atoms with Gasteiger partial charge >= 0.3 is 0 Å².